The number of nitrogens with two attached hydrogens (primary N) is 1. The van der Waals surface area contributed by atoms with Crippen LogP contribution in [0.15, 0.2) is 18.2 Å². The first-order valence-corrected chi connectivity index (χ1v) is 7.99. The van der Waals surface area contributed by atoms with Crippen molar-refractivity contribution in [1.29, 1.82) is 0 Å². The number of carbonyl (C=O) groups is 1. The van der Waals surface area contributed by atoms with Crippen LogP contribution in [0.3, 0.4) is 0 Å². The molecule has 1 aliphatic carbocycles. The van der Waals surface area contributed by atoms with Crippen LogP contribution in [-0.4, -0.2) is 44.1 Å². The van der Waals surface area contributed by atoms with Gasteiger partial charge in [-0.3, -0.25) is 4.79 Å². The molecule has 22 heavy (non-hydrogen) atoms. The highest BCUT2D eigenvalue weighted by Gasteiger charge is 2.43. The average Bonchev–Trinajstić information content (AvgIpc) is 2.88. The van der Waals surface area contributed by atoms with Crippen LogP contribution in [0.5, 0.6) is 5.75 Å². The lowest BCUT2D eigenvalue weighted by molar-refractivity contribution is -0.127. The average molecular weight is 303 g/mol. The molecule has 1 amide bonds. The van der Waals surface area contributed by atoms with Crippen LogP contribution in [0, 0.1) is 0 Å². The van der Waals surface area contributed by atoms with Crippen LogP contribution in [0.1, 0.15) is 30.4 Å². The molecule has 1 atom stereocenters. The highest BCUT2D eigenvalue weighted by molar-refractivity contribution is 5.89. The minimum Gasteiger partial charge on any atom is -0.496 e. The van der Waals surface area contributed by atoms with Crippen molar-refractivity contribution in [2.24, 2.45) is 5.73 Å². The maximum absolute atomic E-state index is 12.8. The minimum absolute atomic E-state index is 0.0472. The molecular formula is C17H25N3O2. The predicted molar refractivity (Wildman–Crippen MR) is 85.8 cm³/mol. The molecule has 2 aliphatic rings. The number of likely N-dealkylation sites (tertiary alicyclic amines) is 1. The fourth-order valence-electron chi connectivity index (χ4n) is 3.59. The maximum atomic E-state index is 12.8. The van der Waals surface area contributed by atoms with Crippen LogP contribution < -0.4 is 15.8 Å². The number of hydrogen-bond acceptors (Lipinski definition) is 4. The number of nitrogens with one attached hydrogen (secondary N) is 1. The summed E-state index contributed by atoms with van der Waals surface area (Å²) in [6, 6.07) is 6.03. The number of fused-ring (bicyclic) bond motifs is 1. The zero-order valence-corrected chi connectivity index (χ0v) is 13.4. The van der Waals surface area contributed by atoms with Gasteiger partial charge in [0.05, 0.1) is 7.11 Å². The molecule has 1 heterocycles. The third-order valence-electron chi connectivity index (χ3n) is 5.06. The van der Waals surface area contributed by atoms with Crippen molar-refractivity contribution in [3.63, 3.8) is 0 Å². The van der Waals surface area contributed by atoms with E-state index in [1.807, 2.05) is 18.2 Å². The summed E-state index contributed by atoms with van der Waals surface area (Å²) in [5.74, 6) is 0.783. The fraction of sp³-hybridized carbons (Fsp3) is 0.588. The summed E-state index contributed by atoms with van der Waals surface area (Å²) in [6.45, 7) is 2.04. The van der Waals surface area contributed by atoms with E-state index >= 15 is 0 Å². The van der Waals surface area contributed by atoms with Gasteiger partial charge < -0.3 is 20.7 Å². The second-order valence-corrected chi connectivity index (χ2v) is 6.51. The van der Waals surface area contributed by atoms with Gasteiger partial charge in [0.15, 0.2) is 0 Å². The normalized spacial score (nSPS) is 25.8. The molecule has 0 bridgehead atoms. The lowest BCUT2D eigenvalue weighted by Crippen LogP contribution is -2.54. The van der Waals surface area contributed by atoms with E-state index in [0.717, 1.165) is 49.2 Å². The summed E-state index contributed by atoms with van der Waals surface area (Å²) < 4.78 is 5.40. The quantitative estimate of drug-likeness (QED) is 0.874. The number of hydrogen-bond donors (Lipinski definition) is 2. The Morgan fingerprint density at radius 3 is 2.82 bits per heavy atom. The van der Waals surface area contributed by atoms with E-state index in [2.05, 4.69) is 17.3 Å². The molecule has 1 fully saturated rings. The topological polar surface area (TPSA) is 67.6 Å². The number of amides is 1. The molecule has 120 valence electrons. The molecule has 1 aromatic carbocycles. The van der Waals surface area contributed by atoms with E-state index in [4.69, 9.17) is 10.5 Å². The molecule has 1 unspecified atom stereocenters. The van der Waals surface area contributed by atoms with E-state index in [1.165, 1.54) is 0 Å². The SMILES string of the molecule is COc1cccc2c1CCC2(N)C(=O)NC1CCN(C)CC1. The molecule has 1 saturated heterocycles. The number of nitrogens with zero attached hydrogens (tertiary/aromatic N) is 1. The Hall–Kier alpha value is -1.59. The molecule has 0 saturated carbocycles. The van der Waals surface area contributed by atoms with Gasteiger partial charge in [-0.15, -0.1) is 0 Å². The molecule has 5 nitrogen and oxygen atoms in total. The van der Waals surface area contributed by atoms with E-state index in [9.17, 15) is 4.79 Å². The molecule has 1 aliphatic heterocycles. The van der Waals surface area contributed by atoms with Gasteiger partial charge in [-0.25, -0.2) is 0 Å². The second-order valence-electron chi connectivity index (χ2n) is 6.51. The van der Waals surface area contributed by atoms with Crippen LogP contribution in [-0.2, 0) is 16.8 Å². The minimum atomic E-state index is -0.923. The largest absolute Gasteiger partial charge is 0.496 e. The van der Waals surface area contributed by atoms with Gasteiger partial charge in [0.1, 0.15) is 11.3 Å². The Kier molecular flexibility index (Phi) is 4.10. The zero-order valence-electron chi connectivity index (χ0n) is 13.4. The summed E-state index contributed by atoms with van der Waals surface area (Å²) in [5, 5.41) is 3.17. The summed E-state index contributed by atoms with van der Waals surface area (Å²) in [4.78, 5) is 15.1. The monoisotopic (exact) mass is 303 g/mol. The third kappa shape index (κ3) is 2.59. The lowest BCUT2D eigenvalue weighted by atomic mass is 9.91. The Labute approximate surface area is 131 Å². The Morgan fingerprint density at radius 1 is 1.41 bits per heavy atom. The van der Waals surface area contributed by atoms with Crippen LogP contribution in [0.4, 0.5) is 0 Å². The number of benzene rings is 1. The summed E-state index contributed by atoms with van der Waals surface area (Å²) >= 11 is 0. The van der Waals surface area contributed by atoms with Crippen LogP contribution >= 0.6 is 0 Å². The van der Waals surface area contributed by atoms with Gasteiger partial charge in [-0.05, 0) is 63.0 Å². The molecule has 0 spiro atoms. The van der Waals surface area contributed by atoms with E-state index < -0.39 is 5.54 Å². The first-order valence-electron chi connectivity index (χ1n) is 7.99. The molecule has 5 heteroatoms. The smallest absolute Gasteiger partial charge is 0.244 e. The molecule has 3 N–H and O–H groups in total. The predicted octanol–water partition coefficient (Wildman–Crippen LogP) is 1.01. The van der Waals surface area contributed by atoms with E-state index in [0.29, 0.717) is 6.42 Å². The van der Waals surface area contributed by atoms with E-state index in [1.54, 1.807) is 7.11 Å². The second kappa shape index (κ2) is 5.89. The van der Waals surface area contributed by atoms with Crippen LogP contribution in [0.2, 0.25) is 0 Å². The fourth-order valence-corrected chi connectivity index (χ4v) is 3.59. The third-order valence-corrected chi connectivity index (χ3v) is 5.06. The van der Waals surface area contributed by atoms with Gasteiger partial charge in [0.25, 0.3) is 0 Å². The van der Waals surface area contributed by atoms with Gasteiger partial charge in [0.2, 0.25) is 5.91 Å². The summed E-state index contributed by atoms with van der Waals surface area (Å²) in [7, 11) is 3.77. The van der Waals surface area contributed by atoms with Gasteiger partial charge in [-0.2, -0.15) is 0 Å². The zero-order chi connectivity index (χ0) is 15.7. The Bertz CT molecular complexity index is 567. The van der Waals surface area contributed by atoms with Gasteiger partial charge in [0, 0.05) is 6.04 Å². The molecule has 0 radical (unpaired) electrons. The van der Waals surface area contributed by atoms with Gasteiger partial charge >= 0.3 is 0 Å². The number of rotatable bonds is 3. The highest BCUT2D eigenvalue weighted by Crippen LogP contribution is 2.39. The van der Waals surface area contributed by atoms with Crippen molar-refractivity contribution < 1.29 is 9.53 Å². The molecule has 0 aromatic heterocycles. The van der Waals surface area contributed by atoms with Crippen molar-refractivity contribution in [2.75, 3.05) is 27.2 Å². The summed E-state index contributed by atoms with van der Waals surface area (Å²) in [6.07, 6.45) is 3.41. The number of ether oxygens (including phenoxy) is 1. The van der Waals surface area contributed by atoms with Crippen molar-refractivity contribution in [3.8, 4) is 5.75 Å². The van der Waals surface area contributed by atoms with Crippen molar-refractivity contribution in [2.45, 2.75) is 37.3 Å². The molecule has 3 rings (SSSR count). The number of methoxy groups -OCH3 is 1. The van der Waals surface area contributed by atoms with Crippen molar-refractivity contribution >= 4 is 5.91 Å². The molecular weight excluding hydrogens is 278 g/mol. The number of carbonyl (C=O) groups excluding carboxylic acids is 1. The van der Waals surface area contributed by atoms with Crippen molar-refractivity contribution in [1.82, 2.24) is 10.2 Å². The number of piperidine rings is 1. The Morgan fingerprint density at radius 2 is 2.14 bits per heavy atom. The summed E-state index contributed by atoms with van der Waals surface area (Å²) in [5.41, 5.74) is 7.57. The standard InChI is InChI=1S/C17H25N3O2/c1-20-10-7-12(8-11-20)19-16(21)17(18)9-6-13-14(17)4-3-5-15(13)22-2/h3-5,12H,6-11,18H2,1-2H3,(H,19,21). The lowest BCUT2D eigenvalue weighted by Gasteiger charge is -2.32. The van der Waals surface area contributed by atoms with Crippen LogP contribution in [0.25, 0.3) is 0 Å². The maximum Gasteiger partial charge on any atom is 0.244 e. The first-order chi connectivity index (χ1) is 10.5. The Balaban J connectivity index is 1.77. The highest BCUT2D eigenvalue weighted by atomic mass is 16.5. The van der Waals surface area contributed by atoms with E-state index in [-0.39, 0.29) is 11.9 Å². The molecule has 1 aromatic rings. The van der Waals surface area contributed by atoms with Crippen molar-refractivity contribution in [3.05, 3.63) is 29.3 Å². The first kappa shape index (κ1) is 15.3. The van der Waals surface area contributed by atoms with Gasteiger partial charge in [-0.1, -0.05) is 12.1 Å².